The number of rotatable bonds is 1. The molecule has 0 aliphatic carbocycles. The van der Waals surface area contributed by atoms with E-state index >= 15 is 0 Å². The van der Waals surface area contributed by atoms with Crippen LogP contribution in [0.1, 0.15) is 28.1 Å². The Bertz CT molecular complexity index is 721. The van der Waals surface area contributed by atoms with Crippen LogP contribution in [-0.4, -0.2) is 0 Å². The van der Waals surface area contributed by atoms with Crippen molar-refractivity contribution in [1.82, 2.24) is 0 Å². The van der Waals surface area contributed by atoms with Gasteiger partial charge in [0.1, 0.15) is 23.3 Å². The van der Waals surface area contributed by atoms with Gasteiger partial charge >= 0.3 is 0 Å². The first-order valence-corrected chi connectivity index (χ1v) is 6.15. The predicted octanol–water partition coefficient (Wildman–Crippen LogP) is 2.66. The molecule has 98 valence electrons. The molecule has 0 fully saturated rings. The average molecular weight is 263 g/mol. The van der Waals surface area contributed by atoms with Gasteiger partial charge in [-0.3, -0.25) is 0 Å². The first-order valence-electron chi connectivity index (χ1n) is 6.15. The van der Waals surface area contributed by atoms with Crippen LogP contribution in [0, 0.1) is 48.6 Å². The van der Waals surface area contributed by atoms with Gasteiger partial charge in [-0.25, -0.2) is 0 Å². The first-order chi connectivity index (χ1) is 9.51. The van der Waals surface area contributed by atoms with Gasteiger partial charge < -0.3 is 5.21 Å². The molecule has 1 aromatic heterocycles. The van der Waals surface area contributed by atoms with Gasteiger partial charge in [0, 0.05) is 19.4 Å². The van der Waals surface area contributed by atoms with E-state index in [1.807, 2.05) is 43.3 Å². The van der Waals surface area contributed by atoms with Gasteiger partial charge in [-0.05, 0) is 12.5 Å². The molecular weight excluding hydrogens is 250 g/mol. The van der Waals surface area contributed by atoms with Crippen molar-refractivity contribution in [3.63, 3.8) is 0 Å². The molecule has 0 unspecified atom stereocenters. The zero-order valence-electron chi connectivity index (χ0n) is 11.6. The molecule has 1 aromatic carbocycles. The molecule has 0 amide bonds. The topological polar surface area (TPSA) is 74.5 Å². The van der Waals surface area contributed by atoms with Gasteiger partial charge in [0.05, 0.1) is 0 Å². The highest BCUT2D eigenvalue weighted by Crippen LogP contribution is 2.29. The van der Waals surface area contributed by atoms with Crippen molar-refractivity contribution < 1.29 is 4.73 Å². The molecule has 20 heavy (non-hydrogen) atoms. The lowest BCUT2D eigenvalue weighted by Gasteiger charge is -2.13. The SMILES string of the molecule is Cc1ccc(-c2c(C#N)c(C)[n+]([O-])c(C)c2C#N)cc1. The van der Waals surface area contributed by atoms with Gasteiger partial charge in [-0.1, -0.05) is 29.8 Å². The fourth-order valence-corrected chi connectivity index (χ4v) is 2.22. The van der Waals surface area contributed by atoms with E-state index in [0.717, 1.165) is 11.1 Å². The molecule has 1 heterocycles. The van der Waals surface area contributed by atoms with Gasteiger partial charge in [0.15, 0.2) is 0 Å². The summed E-state index contributed by atoms with van der Waals surface area (Å²) in [4.78, 5) is 0. The van der Waals surface area contributed by atoms with Crippen LogP contribution >= 0.6 is 0 Å². The van der Waals surface area contributed by atoms with Crippen LogP contribution < -0.4 is 4.73 Å². The van der Waals surface area contributed by atoms with Crippen molar-refractivity contribution in [2.24, 2.45) is 0 Å². The van der Waals surface area contributed by atoms with Crippen LogP contribution in [0.3, 0.4) is 0 Å². The maximum absolute atomic E-state index is 12.0. The number of aromatic nitrogens is 1. The highest BCUT2D eigenvalue weighted by atomic mass is 16.5. The lowest BCUT2D eigenvalue weighted by atomic mass is 9.93. The smallest absolute Gasteiger partial charge is 0.208 e. The quantitative estimate of drug-likeness (QED) is 0.586. The second-order valence-corrected chi connectivity index (χ2v) is 4.68. The molecule has 0 aliphatic heterocycles. The van der Waals surface area contributed by atoms with Crippen molar-refractivity contribution in [3.8, 4) is 23.3 Å². The molecule has 0 saturated carbocycles. The molecule has 0 spiro atoms. The summed E-state index contributed by atoms with van der Waals surface area (Å²) in [5.41, 5.74) is 3.55. The predicted molar refractivity (Wildman–Crippen MR) is 74.5 cm³/mol. The maximum Gasteiger partial charge on any atom is 0.208 e. The molecule has 0 saturated heterocycles. The Balaban J connectivity index is 2.91. The van der Waals surface area contributed by atoms with Gasteiger partial charge in [0.2, 0.25) is 11.4 Å². The summed E-state index contributed by atoms with van der Waals surface area (Å²) in [6, 6.07) is 11.7. The minimum atomic E-state index is 0.256. The van der Waals surface area contributed by atoms with Crippen LogP contribution in [0.25, 0.3) is 11.1 Å². The third-order valence-electron chi connectivity index (χ3n) is 3.40. The molecular formula is C16H13N3O. The van der Waals surface area contributed by atoms with Crippen molar-refractivity contribution in [1.29, 1.82) is 10.5 Å². The molecule has 2 rings (SSSR count). The second-order valence-electron chi connectivity index (χ2n) is 4.68. The van der Waals surface area contributed by atoms with Crippen molar-refractivity contribution in [2.75, 3.05) is 0 Å². The molecule has 0 bridgehead atoms. The summed E-state index contributed by atoms with van der Waals surface area (Å²) >= 11 is 0. The summed E-state index contributed by atoms with van der Waals surface area (Å²) in [5, 5.41) is 30.7. The zero-order valence-corrected chi connectivity index (χ0v) is 11.6. The van der Waals surface area contributed by atoms with Crippen LogP contribution in [-0.2, 0) is 0 Å². The lowest BCUT2D eigenvalue weighted by Crippen LogP contribution is -2.36. The molecule has 2 aromatic rings. The summed E-state index contributed by atoms with van der Waals surface area (Å²) in [6.07, 6.45) is 0. The minimum absolute atomic E-state index is 0.256. The van der Waals surface area contributed by atoms with Crippen molar-refractivity contribution in [2.45, 2.75) is 20.8 Å². The third-order valence-corrected chi connectivity index (χ3v) is 3.40. The van der Waals surface area contributed by atoms with E-state index in [1.165, 1.54) is 0 Å². The second kappa shape index (κ2) is 5.03. The normalized spacial score (nSPS) is 9.85. The number of aryl methyl sites for hydroxylation is 1. The van der Waals surface area contributed by atoms with Crippen LogP contribution in [0.4, 0.5) is 0 Å². The van der Waals surface area contributed by atoms with E-state index in [9.17, 15) is 15.7 Å². The number of nitrogens with zero attached hydrogens (tertiary/aromatic N) is 3. The molecule has 0 aliphatic rings. The minimum Gasteiger partial charge on any atom is -0.618 e. The van der Waals surface area contributed by atoms with Crippen molar-refractivity contribution in [3.05, 3.63) is 57.6 Å². The Morgan fingerprint density at radius 1 is 0.900 bits per heavy atom. The van der Waals surface area contributed by atoms with Gasteiger partial charge in [-0.2, -0.15) is 15.3 Å². The number of hydrogen-bond donors (Lipinski definition) is 0. The number of pyridine rings is 1. The summed E-state index contributed by atoms with van der Waals surface area (Å²) in [6.45, 7) is 5.15. The molecule has 4 nitrogen and oxygen atoms in total. The third kappa shape index (κ3) is 1.98. The van der Waals surface area contributed by atoms with Gasteiger partial charge in [0.25, 0.3) is 0 Å². The van der Waals surface area contributed by atoms with E-state index < -0.39 is 0 Å². The average Bonchev–Trinajstić information content (AvgIpc) is 2.45. The standard InChI is InChI=1S/C16H13N3O/c1-10-4-6-13(7-5-10)16-14(8-17)11(2)19(20)12(3)15(16)9-18/h4-7H,1-3H3. The fraction of sp³-hybridized carbons (Fsp3) is 0.188. The molecule has 4 heteroatoms. The van der Waals surface area contributed by atoms with Crippen molar-refractivity contribution >= 4 is 0 Å². The van der Waals surface area contributed by atoms with Crippen LogP contribution in [0.2, 0.25) is 0 Å². The lowest BCUT2D eigenvalue weighted by molar-refractivity contribution is -0.619. The highest BCUT2D eigenvalue weighted by molar-refractivity contribution is 5.77. The highest BCUT2D eigenvalue weighted by Gasteiger charge is 2.24. The maximum atomic E-state index is 12.0. The monoisotopic (exact) mass is 263 g/mol. The first kappa shape index (κ1) is 13.6. The number of nitriles is 2. The number of hydrogen-bond acceptors (Lipinski definition) is 3. The van der Waals surface area contributed by atoms with E-state index in [2.05, 4.69) is 0 Å². The number of benzene rings is 1. The Labute approximate surface area is 117 Å². The largest absolute Gasteiger partial charge is 0.618 e. The Hall–Kier alpha value is -2.85. The van der Waals surface area contributed by atoms with Crippen LogP contribution in [0.5, 0.6) is 0 Å². The van der Waals surface area contributed by atoms with E-state index in [4.69, 9.17) is 0 Å². The fourth-order valence-electron chi connectivity index (χ4n) is 2.22. The van der Waals surface area contributed by atoms with E-state index in [0.29, 0.717) is 21.7 Å². The van der Waals surface area contributed by atoms with Gasteiger partial charge in [-0.15, -0.1) is 0 Å². The molecule has 0 N–H and O–H groups in total. The Morgan fingerprint density at radius 3 is 1.75 bits per heavy atom. The van der Waals surface area contributed by atoms with Crippen LogP contribution in [0.15, 0.2) is 24.3 Å². The summed E-state index contributed by atoms with van der Waals surface area (Å²) < 4.78 is 0.648. The summed E-state index contributed by atoms with van der Waals surface area (Å²) in [5.74, 6) is 0. The Morgan fingerprint density at radius 2 is 1.35 bits per heavy atom. The summed E-state index contributed by atoms with van der Waals surface area (Å²) in [7, 11) is 0. The molecule has 0 atom stereocenters. The Kier molecular flexibility index (Phi) is 3.41. The zero-order chi connectivity index (χ0) is 14.9. The van der Waals surface area contributed by atoms with E-state index in [1.54, 1.807) is 13.8 Å². The van der Waals surface area contributed by atoms with E-state index in [-0.39, 0.29) is 11.1 Å². The molecule has 0 radical (unpaired) electrons.